The molecule has 0 aromatic rings. The van der Waals surface area contributed by atoms with Crippen LogP contribution < -0.4 is 5.73 Å². The maximum absolute atomic E-state index is 5.62. The summed E-state index contributed by atoms with van der Waals surface area (Å²) in [5, 5.41) is 0. The lowest BCUT2D eigenvalue weighted by Gasteiger charge is -2.27. The minimum absolute atomic E-state index is 0.612. The molecule has 0 saturated heterocycles. The first-order valence-corrected chi connectivity index (χ1v) is 4.13. The average Bonchev–Trinajstić information content (AvgIpc) is 2.17. The summed E-state index contributed by atoms with van der Waals surface area (Å²) in [6, 6.07) is 0. The van der Waals surface area contributed by atoms with Crippen molar-refractivity contribution in [3.8, 4) is 0 Å². The van der Waals surface area contributed by atoms with Crippen LogP contribution in [0.3, 0.4) is 0 Å². The van der Waals surface area contributed by atoms with Gasteiger partial charge in [-0.3, -0.25) is 0 Å². The number of nitrogens with two attached hydrogens (primary N) is 1. The van der Waals surface area contributed by atoms with Crippen LogP contribution in [0.25, 0.3) is 0 Å². The van der Waals surface area contributed by atoms with Crippen molar-refractivity contribution < 1.29 is 0 Å². The van der Waals surface area contributed by atoms with Crippen molar-refractivity contribution in [3.05, 3.63) is 47.9 Å². The molecular weight excluding hydrogens is 148 g/mol. The van der Waals surface area contributed by atoms with Gasteiger partial charge in [0.05, 0.1) is 0 Å². The highest BCUT2D eigenvalue weighted by molar-refractivity contribution is 5.40. The van der Waals surface area contributed by atoms with Crippen LogP contribution in [0.4, 0.5) is 0 Å². The maximum Gasteiger partial charge on any atom is 0.0454 e. The Morgan fingerprint density at radius 2 is 2.25 bits per heavy atom. The molecule has 2 rings (SSSR count). The topological polar surface area (TPSA) is 29.3 Å². The van der Waals surface area contributed by atoms with Gasteiger partial charge in [-0.25, -0.2) is 0 Å². The lowest BCUT2D eigenvalue weighted by molar-refractivity contribution is 0.516. The number of nitrogens with zero attached hydrogens (tertiary/aromatic N) is 1. The van der Waals surface area contributed by atoms with E-state index in [0.29, 0.717) is 6.54 Å². The van der Waals surface area contributed by atoms with E-state index in [0.717, 1.165) is 6.54 Å². The summed E-state index contributed by atoms with van der Waals surface area (Å²) in [5.41, 5.74) is 8.06. The van der Waals surface area contributed by atoms with Gasteiger partial charge < -0.3 is 10.6 Å². The van der Waals surface area contributed by atoms with E-state index in [1.165, 1.54) is 11.3 Å². The molecule has 2 aliphatic heterocycles. The first kappa shape index (κ1) is 7.37. The third-order valence-corrected chi connectivity index (χ3v) is 2.11. The summed E-state index contributed by atoms with van der Waals surface area (Å²) < 4.78 is 0. The van der Waals surface area contributed by atoms with Gasteiger partial charge in [-0.15, -0.1) is 0 Å². The van der Waals surface area contributed by atoms with Crippen molar-refractivity contribution in [2.24, 2.45) is 5.73 Å². The van der Waals surface area contributed by atoms with Gasteiger partial charge in [-0.1, -0.05) is 18.2 Å². The molecule has 0 aromatic heterocycles. The number of hydrogen-bond donors (Lipinski definition) is 1. The normalized spacial score (nSPS) is 20.2. The fourth-order valence-electron chi connectivity index (χ4n) is 1.49. The zero-order valence-electron chi connectivity index (χ0n) is 6.90. The van der Waals surface area contributed by atoms with E-state index in [1.54, 1.807) is 0 Å². The second-order valence-corrected chi connectivity index (χ2v) is 2.87. The van der Waals surface area contributed by atoms with Crippen molar-refractivity contribution in [2.75, 3.05) is 13.1 Å². The Balaban J connectivity index is 2.39. The van der Waals surface area contributed by atoms with Gasteiger partial charge in [0.1, 0.15) is 0 Å². The van der Waals surface area contributed by atoms with Crippen LogP contribution in [0.2, 0.25) is 0 Å². The molecule has 2 heterocycles. The molecule has 0 amide bonds. The van der Waals surface area contributed by atoms with Crippen molar-refractivity contribution >= 4 is 0 Å². The third kappa shape index (κ3) is 1.10. The molecule has 0 spiro atoms. The summed E-state index contributed by atoms with van der Waals surface area (Å²) in [6.45, 7) is 1.57. The monoisotopic (exact) mass is 160 g/mol. The van der Waals surface area contributed by atoms with Crippen molar-refractivity contribution in [2.45, 2.75) is 0 Å². The van der Waals surface area contributed by atoms with Crippen LogP contribution in [-0.2, 0) is 0 Å². The molecule has 0 bridgehead atoms. The number of allylic oxidation sites excluding steroid dienone is 3. The second kappa shape index (κ2) is 2.99. The Morgan fingerprint density at radius 1 is 1.33 bits per heavy atom. The van der Waals surface area contributed by atoms with E-state index >= 15 is 0 Å². The molecule has 2 heteroatoms. The van der Waals surface area contributed by atoms with E-state index in [2.05, 4.69) is 29.3 Å². The van der Waals surface area contributed by atoms with E-state index in [-0.39, 0.29) is 0 Å². The molecule has 62 valence electrons. The quantitative estimate of drug-likeness (QED) is 0.623. The predicted octanol–water partition coefficient (Wildman–Crippen LogP) is 1.15. The number of hydrogen-bond acceptors (Lipinski definition) is 2. The number of rotatable bonds is 1. The molecule has 0 saturated carbocycles. The zero-order chi connectivity index (χ0) is 8.39. The van der Waals surface area contributed by atoms with Crippen LogP contribution in [0.15, 0.2) is 47.9 Å². The van der Waals surface area contributed by atoms with Crippen molar-refractivity contribution in [1.29, 1.82) is 0 Å². The first-order valence-electron chi connectivity index (χ1n) is 4.13. The minimum Gasteiger partial charge on any atom is -0.344 e. The highest BCUT2D eigenvalue weighted by Gasteiger charge is 2.11. The summed E-state index contributed by atoms with van der Waals surface area (Å²) in [4.78, 5) is 2.20. The molecule has 0 fully saturated rings. The van der Waals surface area contributed by atoms with E-state index < -0.39 is 0 Å². The molecule has 2 nitrogen and oxygen atoms in total. The van der Waals surface area contributed by atoms with Crippen LogP contribution in [-0.4, -0.2) is 18.0 Å². The van der Waals surface area contributed by atoms with Crippen LogP contribution in [0.1, 0.15) is 0 Å². The molecule has 0 unspecified atom stereocenters. The van der Waals surface area contributed by atoms with Crippen molar-refractivity contribution in [1.82, 2.24) is 4.90 Å². The lowest BCUT2D eigenvalue weighted by Crippen LogP contribution is -2.23. The van der Waals surface area contributed by atoms with Gasteiger partial charge >= 0.3 is 0 Å². The van der Waals surface area contributed by atoms with Gasteiger partial charge in [-0.05, 0) is 17.7 Å². The Bertz CT molecular complexity index is 295. The summed E-state index contributed by atoms with van der Waals surface area (Å²) >= 11 is 0. The maximum atomic E-state index is 5.62. The summed E-state index contributed by atoms with van der Waals surface area (Å²) in [5.74, 6) is 0. The molecule has 0 aliphatic carbocycles. The highest BCUT2D eigenvalue weighted by Crippen LogP contribution is 2.20. The molecule has 12 heavy (non-hydrogen) atoms. The fraction of sp³-hybridized carbons (Fsp3) is 0.200. The number of fused-ring (bicyclic) bond motifs is 1. The third-order valence-electron chi connectivity index (χ3n) is 2.11. The summed E-state index contributed by atoms with van der Waals surface area (Å²) in [6.07, 6.45) is 12.5. The second-order valence-electron chi connectivity index (χ2n) is 2.87. The molecule has 2 N–H and O–H groups in total. The highest BCUT2D eigenvalue weighted by atomic mass is 15.1. The standard InChI is InChI=1S/C10H12N2/c11-8-9-4-3-7-12-6-2-1-5-10(9)12/h1-6H,7-8,11H2. The van der Waals surface area contributed by atoms with Gasteiger partial charge in [0.2, 0.25) is 0 Å². The van der Waals surface area contributed by atoms with Gasteiger partial charge in [-0.2, -0.15) is 0 Å². The van der Waals surface area contributed by atoms with Gasteiger partial charge in [0.15, 0.2) is 0 Å². The Morgan fingerprint density at radius 3 is 3.08 bits per heavy atom. The zero-order valence-corrected chi connectivity index (χ0v) is 6.90. The molecule has 0 radical (unpaired) electrons. The van der Waals surface area contributed by atoms with E-state index in [4.69, 9.17) is 5.73 Å². The molecular formula is C10H12N2. The SMILES string of the molecule is NCC1=C2C=CC=CN2CC=C1. The Labute approximate surface area is 72.4 Å². The smallest absolute Gasteiger partial charge is 0.0454 e. The Kier molecular flexibility index (Phi) is 1.84. The molecule has 2 aliphatic rings. The molecule has 0 aromatic carbocycles. The van der Waals surface area contributed by atoms with Crippen LogP contribution in [0, 0.1) is 0 Å². The average molecular weight is 160 g/mol. The van der Waals surface area contributed by atoms with Crippen LogP contribution >= 0.6 is 0 Å². The lowest BCUT2D eigenvalue weighted by atomic mass is 10.1. The first-order chi connectivity index (χ1) is 5.92. The van der Waals surface area contributed by atoms with Crippen LogP contribution in [0.5, 0.6) is 0 Å². The largest absolute Gasteiger partial charge is 0.344 e. The predicted molar refractivity (Wildman–Crippen MR) is 50.2 cm³/mol. The van der Waals surface area contributed by atoms with Gasteiger partial charge in [0.25, 0.3) is 0 Å². The van der Waals surface area contributed by atoms with E-state index in [9.17, 15) is 0 Å². The van der Waals surface area contributed by atoms with Crippen molar-refractivity contribution in [3.63, 3.8) is 0 Å². The molecule has 0 atom stereocenters. The Hall–Kier alpha value is -1.28. The van der Waals surface area contributed by atoms with E-state index in [1.807, 2.05) is 12.2 Å². The van der Waals surface area contributed by atoms with Gasteiger partial charge in [0, 0.05) is 25.0 Å². The summed E-state index contributed by atoms with van der Waals surface area (Å²) in [7, 11) is 0. The fourth-order valence-corrected chi connectivity index (χ4v) is 1.49. The minimum atomic E-state index is 0.612.